The minimum absolute atomic E-state index is 0.00314. The fraction of sp³-hybridized carbons (Fsp3) is 0.722. The van der Waals surface area contributed by atoms with Gasteiger partial charge in [-0.3, -0.25) is 4.57 Å². The van der Waals surface area contributed by atoms with Gasteiger partial charge < -0.3 is 25.5 Å². The van der Waals surface area contributed by atoms with Gasteiger partial charge in [0.1, 0.15) is 5.52 Å². The fourth-order valence-corrected chi connectivity index (χ4v) is 3.33. The Kier molecular flexibility index (Phi) is 6.68. The Morgan fingerprint density at radius 3 is 3.04 bits per heavy atom. The third-order valence-electron chi connectivity index (χ3n) is 4.80. The number of nitrogen functional groups attached to an aromatic ring is 1. The Balaban J connectivity index is 1.63. The number of fused-ring (bicyclic) bond motifs is 1. The van der Waals surface area contributed by atoms with E-state index in [9.17, 15) is 4.79 Å². The third-order valence-corrected chi connectivity index (χ3v) is 4.80. The number of imidazole rings is 1. The number of nitrogens with two attached hydrogens (primary N) is 1. The van der Waals surface area contributed by atoms with Crippen LogP contribution in [-0.2, 0) is 11.3 Å². The molecule has 1 fully saturated rings. The molecule has 2 aromatic heterocycles. The van der Waals surface area contributed by atoms with Gasteiger partial charge in [0.25, 0.3) is 0 Å². The summed E-state index contributed by atoms with van der Waals surface area (Å²) < 4.78 is 12.7. The van der Waals surface area contributed by atoms with Crippen LogP contribution in [0.2, 0.25) is 0 Å². The van der Waals surface area contributed by atoms with Crippen LogP contribution in [0.1, 0.15) is 46.0 Å². The number of hydrogen-bond acceptors (Lipinski definition) is 7. The Hall–Kier alpha value is -2.13. The molecule has 3 rings (SSSR count). The van der Waals surface area contributed by atoms with E-state index in [1.165, 1.54) is 0 Å². The molecular weight excluding hydrogens is 348 g/mol. The summed E-state index contributed by atoms with van der Waals surface area (Å²) in [7, 11) is 0. The first-order valence-electron chi connectivity index (χ1n) is 9.82. The van der Waals surface area contributed by atoms with Gasteiger partial charge in [-0.25, -0.2) is 4.79 Å². The standard InChI is InChI=1S/C18H30N6O3/c1-3-6-12(2)27-17-22-15(19)14-16(23-17)24(18(25)21-14)9-5-4-8-20-13-7-10-26-11-13/h12-13,20H,3-11H2,1-2H3,(H,21,25)(H2,19,22,23)/t12-,13?/m0/s1. The van der Waals surface area contributed by atoms with Gasteiger partial charge in [-0.1, -0.05) is 13.3 Å². The van der Waals surface area contributed by atoms with Gasteiger partial charge in [-0.2, -0.15) is 9.97 Å². The highest BCUT2D eigenvalue weighted by Crippen LogP contribution is 2.19. The first-order valence-corrected chi connectivity index (χ1v) is 9.82. The summed E-state index contributed by atoms with van der Waals surface area (Å²) in [5.41, 5.74) is 6.75. The van der Waals surface area contributed by atoms with Crippen molar-refractivity contribution in [2.75, 3.05) is 25.5 Å². The van der Waals surface area contributed by atoms with Crippen molar-refractivity contribution in [2.45, 2.75) is 64.6 Å². The molecule has 0 amide bonds. The molecule has 0 aromatic carbocycles. The summed E-state index contributed by atoms with van der Waals surface area (Å²) in [5, 5.41) is 3.48. The van der Waals surface area contributed by atoms with E-state index in [4.69, 9.17) is 15.2 Å². The molecule has 1 unspecified atom stereocenters. The molecule has 1 aliphatic rings. The minimum atomic E-state index is -0.220. The van der Waals surface area contributed by atoms with Crippen molar-refractivity contribution in [1.82, 2.24) is 24.8 Å². The topological polar surface area (TPSA) is 120 Å². The number of unbranched alkanes of at least 4 members (excludes halogenated alkanes) is 1. The van der Waals surface area contributed by atoms with E-state index in [0.717, 1.165) is 51.9 Å². The Morgan fingerprint density at radius 2 is 2.30 bits per heavy atom. The fourth-order valence-electron chi connectivity index (χ4n) is 3.33. The molecule has 0 aliphatic carbocycles. The predicted octanol–water partition coefficient (Wildman–Crippen LogP) is 1.43. The minimum Gasteiger partial charge on any atom is -0.460 e. The molecular formula is C18H30N6O3. The van der Waals surface area contributed by atoms with E-state index in [1.807, 2.05) is 6.92 Å². The molecule has 9 heteroatoms. The van der Waals surface area contributed by atoms with Crippen molar-refractivity contribution in [3.8, 4) is 6.01 Å². The van der Waals surface area contributed by atoms with Crippen molar-refractivity contribution < 1.29 is 9.47 Å². The zero-order valence-electron chi connectivity index (χ0n) is 16.2. The molecule has 0 saturated carbocycles. The maximum absolute atomic E-state index is 12.3. The highest BCUT2D eigenvalue weighted by Gasteiger charge is 2.16. The first-order chi connectivity index (χ1) is 13.1. The number of aromatic nitrogens is 4. The molecule has 0 spiro atoms. The van der Waals surface area contributed by atoms with E-state index in [-0.39, 0.29) is 23.6 Å². The zero-order valence-corrected chi connectivity index (χ0v) is 16.2. The van der Waals surface area contributed by atoms with Crippen molar-refractivity contribution in [2.24, 2.45) is 0 Å². The van der Waals surface area contributed by atoms with E-state index >= 15 is 0 Å². The van der Waals surface area contributed by atoms with Crippen LogP contribution in [0.25, 0.3) is 11.2 Å². The maximum Gasteiger partial charge on any atom is 0.327 e. The molecule has 0 radical (unpaired) electrons. The number of H-pyrrole nitrogens is 1. The van der Waals surface area contributed by atoms with Gasteiger partial charge in [0.2, 0.25) is 0 Å². The molecule has 2 atom stereocenters. The predicted molar refractivity (Wildman–Crippen MR) is 104 cm³/mol. The molecule has 0 bridgehead atoms. The molecule has 27 heavy (non-hydrogen) atoms. The van der Waals surface area contributed by atoms with Gasteiger partial charge in [-0.15, -0.1) is 0 Å². The zero-order chi connectivity index (χ0) is 19.2. The van der Waals surface area contributed by atoms with Crippen molar-refractivity contribution >= 4 is 17.0 Å². The Morgan fingerprint density at radius 1 is 1.44 bits per heavy atom. The van der Waals surface area contributed by atoms with Crippen molar-refractivity contribution in [3.05, 3.63) is 10.5 Å². The lowest BCUT2D eigenvalue weighted by Gasteiger charge is -2.12. The Labute approximate surface area is 158 Å². The number of anilines is 1. The lowest BCUT2D eigenvalue weighted by Crippen LogP contribution is -2.30. The summed E-state index contributed by atoms with van der Waals surface area (Å²) in [6.07, 6.45) is 4.80. The number of nitrogens with one attached hydrogen (secondary N) is 2. The SMILES string of the molecule is CCC[C@H](C)Oc1nc(N)c2[nH]c(=O)n(CCCCNC3CCOC3)c2n1. The smallest absolute Gasteiger partial charge is 0.327 e. The second-order valence-electron chi connectivity index (χ2n) is 7.11. The van der Waals surface area contributed by atoms with Crippen LogP contribution in [0.15, 0.2) is 4.79 Å². The highest BCUT2D eigenvalue weighted by atomic mass is 16.5. The van der Waals surface area contributed by atoms with Gasteiger partial charge in [-0.05, 0) is 39.2 Å². The van der Waals surface area contributed by atoms with Crippen LogP contribution in [-0.4, -0.2) is 51.4 Å². The second kappa shape index (κ2) is 9.18. The van der Waals surface area contributed by atoms with Gasteiger partial charge in [0.15, 0.2) is 11.5 Å². The average Bonchev–Trinajstić information content (AvgIpc) is 3.24. The highest BCUT2D eigenvalue weighted by molar-refractivity contribution is 5.81. The van der Waals surface area contributed by atoms with Crippen molar-refractivity contribution in [1.29, 1.82) is 0 Å². The molecule has 3 heterocycles. The average molecular weight is 378 g/mol. The van der Waals surface area contributed by atoms with Gasteiger partial charge >= 0.3 is 11.7 Å². The monoisotopic (exact) mass is 378 g/mol. The molecule has 9 nitrogen and oxygen atoms in total. The lowest BCUT2D eigenvalue weighted by molar-refractivity contribution is 0.190. The normalized spacial score (nSPS) is 18.2. The van der Waals surface area contributed by atoms with Crippen LogP contribution >= 0.6 is 0 Å². The summed E-state index contributed by atoms with van der Waals surface area (Å²) in [4.78, 5) is 23.7. The van der Waals surface area contributed by atoms with Gasteiger partial charge in [0, 0.05) is 19.2 Å². The lowest BCUT2D eigenvalue weighted by atomic mass is 10.2. The van der Waals surface area contributed by atoms with E-state index < -0.39 is 0 Å². The van der Waals surface area contributed by atoms with Gasteiger partial charge in [0.05, 0.1) is 12.7 Å². The second-order valence-corrected chi connectivity index (χ2v) is 7.11. The van der Waals surface area contributed by atoms with E-state index in [2.05, 4.69) is 27.2 Å². The molecule has 2 aromatic rings. The molecule has 150 valence electrons. The Bertz CT molecular complexity index is 796. The number of nitrogens with zero attached hydrogens (tertiary/aromatic N) is 3. The number of aryl methyl sites for hydroxylation is 1. The van der Waals surface area contributed by atoms with Crippen LogP contribution in [0.4, 0.5) is 5.82 Å². The van der Waals surface area contributed by atoms with Crippen molar-refractivity contribution in [3.63, 3.8) is 0 Å². The summed E-state index contributed by atoms with van der Waals surface area (Å²) >= 11 is 0. The number of rotatable bonds is 10. The number of hydrogen-bond donors (Lipinski definition) is 3. The van der Waals surface area contributed by atoms with Crippen LogP contribution in [0, 0.1) is 0 Å². The summed E-state index contributed by atoms with van der Waals surface area (Å²) in [6, 6.07) is 0.676. The molecule has 1 aliphatic heterocycles. The molecule has 4 N–H and O–H groups in total. The van der Waals surface area contributed by atoms with E-state index in [0.29, 0.717) is 23.8 Å². The summed E-state index contributed by atoms with van der Waals surface area (Å²) in [6.45, 7) is 7.17. The number of ether oxygens (including phenoxy) is 2. The summed E-state index contributed by atoms with van der Waals surface area (Å²) in [5.74, 6) is 0.234. The van der Waals surface area contributed by atoms with Crippen LogP contribution < -0.4 is 21.5 Å². The largest absolute Gasteiger partial charge is 0.460 e. The maximum atomic E-state index is 12.3. The molecule has 1 saturated heterocycles. The van der Waals surface area contributed by atoms with E-state index in [1.54, 1.807) is 4.57 Å². The number of aromatic amines is 1. The third kappa shape index (κ3) is 4.98. The quantitative estimate of drug-likeness (QED) is 0.535. The van der Waals surface area contributed by atoms with Crippen LogP contribution in [0.3, 0.4) is 0 Å². The van der Waals surface area contributed by atoms with Crippen LogP contribution in [0.5, 0.6) is 6.01 Å². The first kappa shape index (κ1) is 19.6.